The van der Waals surface area contributed by atoms with E-state index < -0.39 is 0 Å². The molecule has 5 rings (SSSR count). The first-order valence-corrected chi connectivity index (χ1v) is 14.1. The molecule has 0 spiro atoms. The summed E-state index contributed by atoms with van der Waals surface area (Å²) in [5, 5.41) is 11.7. The quantitative estimate of drug-likeness (QED) is 0.411. The minimum absolute atomic E-state index is 0.0740. The Bertz CT molecular complexity index is 1230. The molecule has 1 aromatic carbocycles. The van der Waals surface area contributed by atoms with Gasteiger partial charge in [0, 0.05) is 62.6 Å². The van der Waals surface area contributed by atoms with Crippen molar-refractivity contribution in [3.63, 3.8) is 0 Å². The van der Waals surface area contributed by atoms with Crippen LogP contribution in [0.2, 0.25) is 0 Å². The fourth-order valence-corrected chi connectivity index (χ4v) is 6.73. The lowest BCUT2D eigenvalue weighted by Gasteiger charge is -2.37. The first-order chi connectivity index (χ1) is 18.2. The van der Waals surface area contributed by atoms with Crippen molar-refractivity contribution in [1.82, 2.24) is 31.0 Å². The Labute approximate surface area is 227 Å². The van der Waals surface area contributed by atoms with E-state index in [-0.39, 0.29) is 41.8 Å². The number of benzene rings is 1. The standard InChI is InChI=1S/C27H37N7O3S/c1-15-5-7-18-17(11-15)13-22(28-18)25(36)29-19-8-6-16(24(35)32-33(2)3)12-21(19)30-26(37)27-31-20-9-10-34(4)14-23(20)38-27/h5,7,11,16,19,21-22,28H,6,8-10,12-14H2,1-4H3,(H,29,36)(H,30,37)(H,32,35)/t16-,19-,21+,22?/m0/s1. The number of amides is 3. The predicted molar refractivity (Wildman–Crippen MR) is 147 cm³/mol. The Morgan fingerprint density at radius 3 is 2.74 bits per heavy atom. The fourth-order valence-electron chi connectivity index (χ4n) is 5.64. The third-order valence-electron chi connectivity index (χ3n) is 7.65. The molecule has 0 saturated heterocycles. The zero-order valence-electron chi connectivity index (χ0n) is 22.5. The number of hydrazine groups is 1. The number of likely N-dealkylation sites (N-methyl/N-ethyl adjacent to an activating group) is 1. The normalized spacial score (nSPS) is 24.8. The maximum absolute atomic E-state index is 13.3. The number of rotatable bonds is 6. The number of hydrogen-bond donors (Lipinski definition) is 4. The smallest absolute Gasteiger partial charge is 0.280 e. The number of hydrogen-bond acceptors (Lipinski definition) is 8. The Kier molecular flexibility index (Phi) is 7.69. The van der Waals surface area contributed by atoms with Gasteiger partial charge in [-0.15, -0.1) is 11.3 Å². The summed E-state index contributed by atoms with van der Waals surface area (Å²) >= 11 is 1.43. The fraction of sp³-hybridized carbons (Fsp3) is 0.556. The van der Waals surface area contributed by atoms with Gasteiger partial charge >= 0.3 is 0 Å². The lowest BCUT2D eigenvalue weighted by Crippen LogP contribution is -2.58. The van der Waals surface area contributed by atoms with Gasteiger partial charge in [-0.25, -0.2) is 9.99 Å². The van der Waals surface area contributed by atoms with Crippen LogP contribution in [0.3, 0.4) is 0 Å². The van der Waals surface area contributed by atoms with Gasteiger partial charge in [0.05, 0.1) is 11.7 Å². The molecule has 1 unspecified atom stereocenters. The van der Waals surface area contributed by atoms with Gasteiger partial charge < -0.3 is 20.9 Å². The van der Waals surface area contributed by atoms with Gasteiger partial charge in [-0.05, 0) is 44.9 Å². The van der Waals surface area contributed by atoms with Crippen LogP contribution in [0.5, 0.6) is 0 Å². The molecule has 1 saturated carbocycles. The minimum atomic E-state index is -0.382. The highest BCUT2D eigenvalue weighted by atomic mass is 32.1. The number of aromatic nitrogens is 1. The summed E-state index contributed by atoms with van der Waals surface area (Å²) in [5.74, 6) is -0.667. The van der Waals surface area contributed by atoms with Gasteiger partial charge in [0.25, 0.3) is 5.91 Å². The molecule has 1 aromatic heterocycles. The summed E-state index contributed by atoms with van der Waals surface area (Å²) in [6, 6.07) is 5.14. The zero-order valence-corrected chi connectivity index (χ0v) is 23.3. The van der Waals surface area contributed by atoms with Crippen LogP contribution in [0, 0.1) is 12.8 Å². The molecule has 4 atom stereocenters. The van der Waals surface area contributed by atoms with Crippen LogP contribution in [-0.2, 0) is 29.0 Å². The number of anilines is 1. The molecule has 4 N–H and O–H groups in total. The maximum Gasteiger partial charge on any atom is 0.280 e. The Morgan fingerprint density at radius 2 is 1.95 bits per heavy atom. The third kappa shape index (κ3) is 5.84. The van der Waals surface area contributed by atoms with E-state index in [2.05, 4.69) is 44.4 Å². The largest absolute Gasteiger partial charge is 0.373 e. The van der Waals surface area contributed by atoms with Crippen LogP contribution < -0.4 is 21.4 Å². The molecule has 0 radical (unpaired) electrons. The van der Waals surface area contributed by atoms with Crippen LogP contribution in [0.1, 0.15) is 50.8 Å². The van der Waals surface area contributed by atoms with E-state index in [1.807, 2.05) is 19.1 Å². The van der Waals surface area contributed by atoms with Crippen LogP contribution >= 0.6 is 11.3 Å². The molecular formula is C27H37N7O3S. The molecule has 0 bridgehead atoms. The summed E-state index contributed by atoms with van der Waals surface area (Å²) in [7, 11) is 5.62. The molecule has 204 valence electrons. The number of carbonyl (C=O) groups is 3. The molecule has 10 nitrogen and oxygen atoms in total. The predicted octanol–water partition coefficient (Wildman–Crippen LogP) is 1.45. The van der Waals surface area contributed by atoms with Crippen LogP contribution in [-0.4, -0.2) is 78.4 Å². The van der Waals surface area contributed by atoms with Gasteiger partial charge in [0.2, 0.25) is 11.8 Å². The zero-order chi connectivity index (χ0) is 27.0. The minimum Gasteiger partial charge on any atom is -0.373 e. The van der Waals surface area contributed by atoms with Crippen molar-refractivity contribution in [3.05, 3.63) is 44.9 Å². The second-order valence-corrected chi connectivity index (χ2v) is 12.1. The van der Waals surface area contributed by atoms with E-state index >= 15 is 0 Å². The average molecular weight is 540 g/mol. The van der Waals surface area contributed by atoms with Crippen molar-refractivity contribution in [2.45, 2.75) is 63.7 Å². The number of nitrogens with zero attached hydrogens (tertiary/aromatic N) is 3. The summed E-state index contributed by atoms with van der Waals surface area (Å²) < 4.78 is 0. The van der Waals surface area contributed by atoms with Gasteiger partial charge in [0.15, 0.2) is 5.01 Å². The molecule has 2 aliphatic heterocycles. The molecule has 2 aromatic rings. The van der Waals surface area contributed by atoms with Crippen molar-refractivity contribution in [3.8, 4) is 0 Å². The maximum atomic E-state index is 13.3. The first kappa shape index (κ1) is 26.6. The molecule has 1 aliphatic carbocycles. The van der Waals surface area contributed by atoms with Crippen LogP contribution in [0.4, 0.5) is 5.69 Å². The number of thiazole rings is 1. The van der Waals surface area contributed by atoms with Crippen molar-refractivity contribution in [2.75, 3.05) is 33.0 Å². The second-order valence-electron chi connectivity index (χ2n) is 11.0. The van der Waals surface area contributed by atoms with Gasteiger partial charge in [-0.1, -0.05) is 17.7 Å². The van der Waals surface area contributed by atoms with Crippen LogP contribution in [0.25, 0.3) is 0 Å². The van der Waals surface area contributed by atoms with E-state index in [0.717, 1.165) is 41.3 Å². The molecule has 11 heteroatoms. The van der Waals surface area contributed by atoms with Gasteiger partial charge in [0.1, 0.15) is 6.04 Å². The molecule has 3 aliphatic rings. The SMILES string of the molecule is Cc1ccc2c(c1)CC(C(=O)N[C@H]1CC[C@H](C(=O)NN(C)C)C[C@H]1NC(=O)c1nc3c(s1)CN(C)CC3)N2. The van der Waals surface area contributed by atoms with Crippen molar-refractivity contribution in [1.29, 1.82) is 0 Å². The molecular weight excluding hydrogens is 502 g/mol. The van der Waals surface area contributed by atoms with E-state index in [0.29, 0.717) is 30.7 Å². The average Bonchev–Trinajstić information content (AvgIpc) is 3.48. The number of carbonyl (C=O) groups excluding carboxylic acids is 3. The van der Waals surface area contributed by atoms with Crippen molar-refractivity contribution in [2.24, 2.45) is 5.92 Å². The van der Waals surface area contributed by atoms with Crippen LogP contribution in [0.15, 0.2) is 18.2 Å². The molecule has 1 fully saturated rings. The summed E-state index contributed by atoms with van der Waals surface area (Å²) in [6.45, 7) is 3.77. The van der Waals surface area contributed by atoms with Crippen molar-refractivity contribution >= 4 is 34.7 Å². The number of aryl methyl sites for hydroxylation is 1. The summed E-state index contributed by atoms with van der Waals surface area (Å²) in [5.41, 5.74) is 7.13. The summed E-state index contributed by atoms with van der Waals surface area (Å²) in [4.78, 5) is 47.4. The van der Waals surface area contributed by atoms with E-state index in [9.17, 15) is 14.4 Å². The molecule has 38 heavy (non-hydrogen) atoms. The van der Waals surface area contributed by atoms with Gasteiger partial charge in [-0.2, -0.15) is 0 Å². The highest BCUT2D eigenvalue weighted by Gasteiger charge is 2.38. The Hall–Kier alpha value is -3.02. The number of fused-ring (bicyclic) bond motifs is 2. The Morgan fingerprint density at radius 1 is 1.13 bits per heavy atom. The Balaban J connectivity index is 1.28. The van der Waals surface area contributed by atoms with Gasteiger partial charge in [-0.3, -0.25) is 19.8 Å². The lowest BCUT2D eigenvalue weighted by molar-refractivity contribution is -0.130. The topological polar surface area (TPSA) is 119 Å². The van der Waals surface area contributed by atoms with E-state index in [1.54, 1.807) is 19.1 Å². The number of nitrogens with one attached hydrogen (secondary N) is 4. The monoisotopic (exact) mass is 539 g/mol. The third-order valence-corrected chi connectivity index (χ3v) is 8.73. The molecule has 3 heterocycles. The molecule has 3 amide bonds. The second kappa shape index (κ2) is 11.0. The highest BCUT2D eigenvalue weighted by molar-refractivity contribution is 7.13. The highest BCUT2D eigenvalue weighted by Crippen LogP contribution is 2.30. The first-order valence-electron chi connectivity index (χ1n) is 13.3. The summed E-state index contributed by atoms with van der Waals surface area (Å²) in [6.07, 6.45) is 3.13. The van der Waals surface area contributed by atoms with E-state index in [4.69, 9.17) is 0 Å². The lowest BCUT2D eigenvalue weighted by atomic mass is 9.81. The van der Waals surface area contributed by atoms with E-state index in [1.165, 1.54) is 16.9 Å². The van der Waals surface area contributed by atoms with Crippen molar-refractivity contribution < 1.29 is 14.4 Å².